The van der Waals surface area contributed by atoms with Gasteiger partial charge in [0.15, 0.2) is 0 Å². The number of nitrogens with one attached hydrogen (secondary N) is 1. The fourth-order valence-corrected chi connectivity index (χ4v) is 5.20. The first kappa shape index (κ1) is 26.9. The Kier molecular flexibility index (Phi) is 8.88. The number of hydrogen-bond acceptors (Lipinski definition) is 8. The van der Waals surface area contributed by atoms with Gasteiger partial charge in [-0.1, -0.05) is 29.4 Å². The van der Waals surface area contributed by atoms with Gasteiger partial charge >= 0.3 is 5.97 Å². The molecule has 1 heterocycles. The number of amides is 1. The first-order valence-electron chi connectivity index (χ1n) is 10.6. The Bertz CT molecular complexity index is 1410. The molecule has 0 aliphatic carbocycles. The third-order valence-corrected chi connectivity index (χ3v) is 7.44. The van der Waals surface area contributed by atoms with E-state index in [1.165, 1.54) is 35.2 Å². The fourth-order valence-electron chi connectivity index (χ4n) is 3.13. The zero-order valence-corrected chi connectivity index (χ0v) is 21.8. The van der Waals surface area contributed by atoms with Gasteiger partial charge in [-0.25, -0.2) is 4.79 Å². The highest BCUT2D eigenvalue weighted by molar-refractivity contribution is 7.99. The molecule has 8 nitrogen and oxygen atoms in total. The molecule has 2 aromatic carbocycles. The van der Waals surface area contributed by atoms with E-state index in [1.54, 1.807) is 50.2 Å². The van der Waals surface area contributed by atoms with E-state index in [2.05, 4.69) is 5.32 Å². The van der Waals surface area contributed by atoms with Crippen LogP contribution in [0.25, 0.3) is 6.08 Å². The number of rotatable bonds is 8. The van der Waals surface area contributed by atoms with Crippen LogP contribution in [0.3, 0.4) is 0 Å². The standard InChI is InChI=1S/C25H20ClN3O5S2/c1-4-34-25(31)22-14(2)15(3)35-24(22)28-23(30)17(13-27)11-16-5-10-21(20(12-16)29(32)33)36-19-8-6-18(26)7-9-19/h5-12H,4H2,1-3H3,(H,28,30)/b17-11-. The molecular formula is C25H20ClN3O5S2. The predicted molar refractivity (Wildman–Crippen MR) is 141 cm³/mol. The van der Waals surface area contributed by atoms with E-state index >= 15 is 0 Å². The number of anilines is 1. The van der Waals surface area contributed by atoms with E-state index in [1.807, 2.05) is 13.0 Å². The quantitative estimate of drug-likeness (QED) is 0.109. The summed E-state index contributed by atoms with van der Waals surface area (Å²) in [5, 5.41) is 24.7. The largest absolute Gasteiger partial charge is 0.462 e. The van der Waals surface area contributed by atoms with Crippen molar-refractivity contribution in [2.75, 3.05) is 11.9 Å². The second-order valence-electron chi connectivity index (χ2n) is 7.37. The number of carbonyl (C=O) groups excluding carboxylic acids is 2. The summed E-state index contributed by atoms with van der Waals surface area (Å²) in [4.78, 5) is 38.4. The van der Waals surface area contributed by atoms with Crippen molar-refractivity contribution >= 4 is 63.3 Å². The number of nitro groups is 1. The van der Waals surface area contributed by atoms with E-state index in [9.17, 15) is 25.0 Å². The number of benzene rings is 2. The lowest BCUT2D eigenvalue weighted by Gasteiger charge is -2.07. The molecule has 0 atom stereocenters. The van der Waals surface area contributed by atoms with Gasteiger partial charge in [-0.2, -0.15) is 5.26 Å². The van der Waals surface area contributed by atoms with E-state index in [-0.39, 0.29) is 28.4 Å². The van der Waals surface area contributed by atoms with E-state index in [0.29, 0.717) is 21.0 Å². The molecule has 11 heteroatoms. The average Bonchev–Trinajstić information content (AvgIpc) is 3.12. The topological polar surface area (TPSA) is 122 Å². The van der Waals surface area contributed by atoms with Crippen LogP contribution >= 0.6 is 34.7 Å². The summed E-state index contributed by atoms with van der Waals surface area (Å²) in [6.45, 7) is 5.41. The minimum absolute atomic E-state index is 0.171. The zero-order chi connectivity index (χ0) is 26.4. The van der Waals surface area contributed by atoms with Crippen LogP contribution < -0.4 is 5.32 Å². The van der Waals surface area contributed by atoms with Crippen molar-refractivity contribution in [3.05, 3.63) is 84.7 Å². The van der Waals surface area contributed by atoms with Crippen LogP contribution in [0, 0.1) is 35.3 Å². The van der Waals surface area contributed by atoms with E-state index in [4.69, 9.17) is 16.3 Å². The third-order valence-electron chi connectivity index (χ3n) is 4.99. The summed E-state index contributed by atoms with van der Waals surface area (Å²) in [6, 6.07) is 13.1. The van der Waals surface area contributed by atoms with Crippen molar-refractivity contribution in [2.45, 2.75) is 30.6 Å². The molecule has 3 aromatic rings. The maximum absolute atomic E-state index is 12.9. The lowest BCUT2D eigenvalue weighted by molar-refractivity contribution is -0.387. The Balaban J connectivity index is 1.89. The van der Waals surface area contributed by atoms with Crippen molar-refractivity contribution in [3.8, 4) is 6.07 Å². The molecule has 1 aromatic heterocycles. The SMILES string of the molecule is CCOC(=O)c1c(NC(=O)/C(C#N)=C\c2ccc(Sc3ccc(Cl)cc3)c([N+](=O)[O-])c2)sc(C)c1C. The highest BCUT2D eigenvalue weighted by atomic mass is 35.5. The first-order chi connectivity index (χ1) is 17.1. The summed E-state index contributed by atoms with van der Waals surface area (Å²) in [6.07, 6.45) is 1.26. The van der Waals surface area contributed by atoms with Crippen molar-refractivity contribution in [1.82, 2.24) is 0 Å². The van der Waals surface area contributed by atoms with Gasteiger partial charge in [0.1, 0.15) is 16.6 Å². The van der Waals surface area contributed by atoms with Gasteiger partial charge in [-0.05, 0) is 68.3 Å². The molecular weight excluding hydrogens is 522 g/mol. The number of carbonyl (C=O) groups is 2. The zero-order valence-electron chi connectivity index (χ0n) is 19.5. The molecule has 3 rings (SSSR count). The Morgan fingerprint density at radius 1 is 1.25 bits per heavy atom. The Labute approximate surface area is 220 Å². The summed E-state index contributed by atoms with van der Waals surface area (Å²) in [5.41, 5.74) is 0.777. The number of nitrogens with zero attached hydrogens (tertiary/aromatic N) is 2. The van der Waals surface area contributed by atoms with Crippen LogP contribution in [0.4, 0.5) is 10.7 Å². The maximum atomic E-state index is 12.9. The summed E-state index contributed by atoms with van der Waals surface area (Å²) >= 11 is 8.29. The number of hydrogen-bond donors (Lipinski definition) is 1. The van der Waals surface area contributed by atoms with Gasteiger partial charge in [0.05, 0.1) is 22.0 Å². The van der Waals surface area contributed by atoms with Crippen LogP contribution in [0.1, 0.15) is 33.3 Å². The second kappa shape index (κ2) is 11.9. The number of esters is 1. The van der Waals surface area contributed by atoms with Crippen molar-refractivity contribution in [2.24, 2.45) is 0 Å². The molecule has 0 bridgehead atoms. The fraction of sp³-hybridized carbons (Fsp3) is 0.160. The van der Waals surface area contributed by atoms with Crippen molar-refractivity contribution < 1.29 is 19.2 Å². The molecule has 0 spiro atoms. The molecule has 1 N–H and O–H groups in total. The summed E-state index contributed by atoms with van der Waals surface area (Å²) in [7, 11) is 0. The minimum atomic E-state index is -0.744. The number of nitro benzene ring substituents is 1. The van der Waals surface area contributed by atoms with Gasteiger partial charge in [-0.15, -0.1) is 11.3 Å². The molecule has 1 amide bonds. The van der Waals surface area contributed by atoms with Crippen LogP contribution in [-0.4, -0.2) is 23.4 Å². The smallest absolute Gasteiger partial charge is 0.341 e. The predicted octanol–water partition coefficient (Wildman–Crippen LogP) is 6.80. The molecule has 0 fully saturated rings. The van der Waals surface area contributed by atoms with Crippen LogP contribution in [-0.2, 0) is 9.53 Å². The van der Waals surface area contributed by atoms with E-state index < -0.39 is 16.8 Å². The van der Waals surface area contributed by atoms with Crippen LogP contribution in [0.15, 0.2) is 57.8 Å². The average molecular weight is 542 g/mol. The van der Waals surface area contributed by atoms with Gasteiger partial charge in [0.2, 0.25) is 0 Å². The lowest BCUT2D eigenvalue weighted by atomic mass is 10.1. The van der Waals surface area contributed by atoms with Gasteiger partial charge < -0.3 is 10.1 Å². The third kappa shape index (κ3) is 6.31. The summed E-state index contributed by atoms with van der Waals surface area (Å²) < 4.78 is 5.09. The molecule has 184 valence electrons. The van der Waals surface area contributed by atoms with Crippen LogP contribution in [0.2, 0.25) is 5.02 Å². The monoisotopic (exact) mass is 541 g/mol. The van der Waals surface area contributed by atoms with Crippen LogP contribution in [0.5, 0.6) is 0 Å². The highest BCUT2D eigenvalue weighted by Crippen LogP contribution is 2.36. The van der Waals surface area contributed by atoms with Gasteiger partial charge in [0, 0.05) is 20.9 Å². The second-order valence-corrected chi connectivity index (χ2v) is 10.1. The molecule has 0 aliphatic rings. The molecule has 0 saturated carbocycles. The Hall–Kier alpha value is -3.65. The van der Waals surface area contributed by atoms with Crippen molar-refractivity contribution in [3.63, 3.8) is 0 Å². The Morgan fingerprint density at radius 2 is 1.94 bits per heavy atom. The molecule has 0 saturated heterocycles. The number of nitriles is 1. The maximum Gasteiger partial charge on any atom is 0.341 e. The molecule has 0 unspecified atom stereocenters. The van der Waals surface area contributed by atoms with Crippen molar-refractivity contribution in [1.29, 1.82) is 5.26 Å². The molecule has 0 radical (unpaired) electrons. The number of halogens is 1. The number of aryl methyl sites for hydroxylation is 1. The summed E-state index contributed by atoms with van der Waals surface area (Å²) in [5.74, 6) is -1.31. The van der Waals surface area contributed by atoms with E-state index in [0.717, 1.165) is 9.77 Å². The number of ether oxygens (including phenoxy) is 1. The number of thiophene rings is 1. The lowest BCUT2D eigenvalue weighted by Crippen LogP contribution is -2.16. The normalized spacial score (nSPS) is 11.0. The Morgan fingerprint density at radius 3 is 2.56 bits per heavy atom. The first-order valence-corrected chi connectivity index (χ1v) is 12.6. The highest BCUT2D eigenvalue weighted by Gasteiger charge is 2.23. The van der Waals surface area contributed by atoms with Gasteiger partial charge in [-0.3, -0.25) is 14.9 Å². The molecule has 0 aliphatic heterocycles. The minimum Gasteiger partial charge on any atom is -0.462 e. The molecule has 36 heavy (non-hydrogen) atoms. The van der Waals surface area contributed by atoms with Gasteiger partial charge in [0.25, 0.3) is 11.6 Å².